The molecule has 1 heterocycles. The summed E-state index contributed by atoms with van der Waals surface area (Å²) >= 11 is 9.66. The molecule has 0 aliphatic rings. The zero-order valence-electron chi connectivity index (χ0n) is 19.3. The van der Waals surface area contributed by atoms with Gasteiger partial charge in [-0.15, -0.1) is 0 Å². The molecule has 0 radical (unpaired) electrons. The molecular formula is C24H25BrClN3O5. The standard InChI is InChI=1S/C24H25BrClN3O5/c1-5-14(3)23-28-19-8-7-16(25)10-18(19)24(31)29(23)27-12-15-9-17(26)11-20(32-4)22(15)34-13-21(30)33-6-2/h7-12,14H,5-6,13H2,1-4H3/t14-/m1/s1. The summed E-state index contributed by atoms with van der Waals surface area (Å²) in [7, 11) is 1.46. The van der Waals surface area contributed by atoms with Crippen molar-refractivity contribution in [2.24, 2.45) is 5.10 Å². The van der Waals surface area contributed by atoms with Crippen molar-refractivity contribution in [3.8, 4) is 11.5 Å². The Balaban J connectivity index is 2.13. The van der Waals surface area contributed by atoms with Crippen LogP contribution in [0.4, 0.5) is 0 Å². The average Bonchev–Trinajstić information content (AvgIpc) is 2.82. The first-order valence-corrected chi connectivity index (χ1v) is 11.9. The van der Waals surface area contributed by atoms with E-state index in [1.165, 1.54) is 18.0 Å². The molecule has 0 aliphatic heterocycles. The number of esters is 1. The summed E-state index contributed by atoms with van der Waals surface area (Å²) in [6.07, 6.45) is 2.20. The molecule has 1 atom stereocenters. The predicted octanol–water partition coefficient (Wildman–Crippen LogP) is 5.16. The number of rotatable bonds is 9. The van der Waals surface area contributed by atoms with Gasteiger partial charge in [-0.05, 0) is 37.6 Å². The predicted molar refractivity (Wildman–Crippen MR) is 136 cm³/mol. The molecule has 0 fully saturated rings. The monoisotopic (exact) mass is 549 g/mol. The number of ether oxygens (including phenoxy) is 3. The van der Waals surface area contributed by atoms with E-state index in [0.717, 1.165) is 10.9 Å². The molecule has 0 spiro atoms. The van der Waals surface area contributed by atoms with Crippen molar-refractivity contribution in [3.63, 3.8) is 0 Å². The molecule has 1 aromatic heterocycles. The molecule has 3 aromatic rings. The van der Waals surface area contributed by atoms with Gasteiger partial charge in [-0.2, -0.15) is 9.78 Å². The first kappa shape index (κ1) is 25.7. The quantitative estimate of drug-likeness (QED) is 0.270. The van der Waals surface area contributed by atoms with Gasteiger partial charge in [0.05, 0.1) is 30.8 Å². The number of benzene rings is 2. The summed E-state index contributed by atoms with van der Waals surface area (Å²) in [5.41, 5.74) is 0.712. The van der Waals surface area contributed by atoms with Gasteiger partial charge in [-0.3, -0.25) is 4.79 Å². The van der Waals surface area contributed by atoms with Crippen LogP contribution in [0.15, 0.2) is 44.7 Å². The summed E-state index contributed by atoms with van der Waals surface area (Å²) in [5.74, 6) is 0.543. The SMILES string of the molecule is CCOC(=O)COc1c(C=Nn2c([C@H](C)CC)nc3ccc(Br)cc3c2=O)cc(Cl)cc1OC. The highest BCUT2D eigenvalue weighted by Crippen LogP contribution is 2.34. The van der Waals surface area contributed by atoms with Crippen LogP contribution in [0, 0.1) is 0 Å². The second-order valence-corrected chi connectivity index (χ2v) is 8.77. The Morgan fingerprint density at radius 1 is 1.29 bits per heavy atom. The van der Waals surface area contributed by atoms with Gasteiger partial charge in [0.15, 0.2) is 18.1 Å². The zero-order valence-corrected chi connectivity index (χ0v) is 21.6. The van der Waals surface area contributed by atoms with Gasteiger partial charge >= 0.3 is 5.97 Å². The van der Waals surface area contributed by atoms with Gasteiger partial charge in [0.1, 0.15) is 5.82 Å². The fourth-order valence-corrected chi connectivity index (χ4v) is 3.80. The number of carbonyl (C=O) groups excluding carboxylic acids is 1. The highest BCUT2D eigenvalue weighted by Gasteiger charge is 2.17. The largest absolute Gasteiger partial charge is 0.493 e. The van der Waals surface area contributed by atoms with E-state index in [0.29, 0.717) is 33.1 Å². The number of nitrogens with zero attached hydrogens (tertiary/aromatic N) is 3. The maximum Gasteiger partial charge on any atom is 0.344 e. The Morgan fingerprint density at radius 2 is 2.06 bits per heavy atom. The van der Waals surface area contributed by atoms with Crippen molar-refractivity contribution in [1.82, 2.24) is 9.66 Å². The normalized spacial score (nSPS) is 12.2. The summed E-state index contributed by atoms with van der Waals surface area (Å²) < 4.78 is 18.0. The molecule has 34 heavy (non-hydrogen) atoms. The van der Waals surface area contributed by atoms with Crippen molar-refractivity contribution in [2.75, 3.05) is 20.3 Å². The molecule has 0 saturated heterocycles. The number of hydrogen-bond acceptors (Lipinski definition) is 7. The summed E-state index contributed by atoms with van der Waals surface area (Å²) in [6.45, 7) is 5.62. The van der Waals surface area contributed by atoms with Crippen LogP contribution in [0.5, 0.6) is 11.5 Å². The van der Waals surface area contributed by atoms with Gasteiger partial charge < -0.3 is 14.2 Å². The molecule has 0 unspecified atom stereocenters. The van der Waals surface area contributed by atoms with Crippen molar-refractivity contribution in [1.29, 1.82) is 0 Å². The minimum atomic E-state index is -0.526. The lowest BCUT2D eigenvalue weighted by Gasteiger charge is -2.15. The van der Waals surface area contributed by atoms with Crippen molar-refractivity contribution in [3.05, 3.63) is 61.6 Å². The molecule has 8 nitrogen and oxygen atoms in total. The fraction of sp³-hybridized carbons (Fsp3) is 0.333. The lowest BCUT2D eigenvalue weighted by molar-refractivity contribution is -0.145. The van der Waals surface area contributed by atoms with Crippen LogP contribution >= 0.6 is 27.5 Å². The maximum absolute atomic E-state index is 13.4. The lowest BCUT2D eigenvalue weighted by Crippen LogP contribution is -2.23. The van der Waals surface area contributed by atoms with E-state index in [2.05, 4.69) is 21.0 Å². The van der Waals surface area contributed by atoms with Crippen LogP contribution in [0.1, 0.15) is 44.5 Å². The van der Waals surface area contributed by atoms with Gasteiger partial charge in [0.2, 0.25) is 0 Å². The third-order valence-electron chi connectivity index (χ3n) is 5.11. The maximum atomic E-state index is 13.4. The molecule has 0 N–H and O–H groups in total. The van der Waals surface area contributed by atoms with E-state index in [1.54, 1.807) is 31.2 Å². The molecule has 10 heteroatoms. The Morgan fingerprint density at radius 3 is 2.74 bits per heavy atom. The molecule has 2 aromatic carbocycles. The number of methoxy groups -OCH3 is 1. The van der Waals surface area contributed by atoms with Crippen molar-refractivity contribution in [2.45, 2.75) is 33.1 Å². The average molecular weight is 551 g/mol. The second-order valence-electron chi connectivity index (χ2n) is 7.42. The number of aromatic nitrogens is 2. The number of carbonyl (C=O) groups is 1. The van der Waals surface area contributed by atoms with Crippen molar-refractivity contribution < 1.29 is 19.0 Å². The molecule has 0 aliphatic carbocycles. The van der Waals surface area contributed by atoms with E-state index in [1.807, 2.05) is 19.9 Å². The third kappa shape index (κ3) is 5.77. The highest BCUT2D eigenvalue weighted by molar-refractivity contribution is 9.10. The van der Waals surface area contributed by atoms with Gasteiger partial charge in [-0.25, -0.2) is 9.78 Å². The highest BCUT2D eigenvalue weighted by atomic mass is 79.9. The van der Waals surface area contributed by atoms with Crippen LogP contribution in [0.25, 0.3) is 10.9 Å². The van der Waals surface area contributed by atoms with Gasteiger partial charge in [-0.1, -0.05) is 41.4 Å². The minimum Gasteiger partial charge on any atom is -0.493 e. The van der Waals surface area contributed by atoms with E-state index < -0.39 is 5.97 Å². The molecular weight excluding hydrogens is 526 g/mol. The summed E-state index contributed by atoms with van der Waals surface area (Å²) in [6, 6.07) is 8.52. The van der Waals surface area contributed by atoms with Crippen LogP contribution in [-0.2, 0) is 9.53 Å². The molecule has 0 bridgehead atoms. The van der Waals surface area contributed by atoms with E-state index in [9.17, 15) is 9.59 Å². The molecule has 3 rings (SSSR count). The number of halogens is 2. The van der Waals surface area contributed by atoms with Crippen LogP contribution in [0.2, 0.25) is 5.02 Å². The van der Waals surface area contributed by atoms with Gasteiger partial charge in [0.25, 0.3) is 5.56 Å². The summed E-state index contributed by atoms with van der Waals surface area (Å²) in [4.78, 5) is 29.9. The molecule has 180 valence electrons. The third-order valence-corrected chi connectivity index (χ3v) is 5.82. The number of hydrogen-bond donors (Lipinski definition) is 0. The van der Waals surface area contributed by atoms with Crippen LogP contribution in [-0.4, -0.2) is 42.2 Å². The van der Waals surface area contributed by atoms with E-state index in [4.69, 9.17) is 30.8 Å². The smallest absolute Gasteiger partial charge is 0.344 e. The Hall–Kier alpha value is -2.91. The molecule has 0 amide bonds. The zero-order chi connectivity index (χ0) is 24.8. The Labute approximate surface area is 210 Å². The van der Waals surface area contributed by atoms with Crippen LogP contribution < -0.4 is 15.0 Å². The van der Waals surface area contributed by atoms with Gasteiger partial charge in [0, 0.05) is 27.0 Å². The first-order valence-electron chi connectivity index (χ1n) is 10.7. The Bertz CT molecular complexity index is 1290. The van der Waals surface area contributed by atoms with Crippen molar-refractivity contribution >= 4 is 50.6 Å². The second kappa shape index (κ2) is 11.5. The number of fused-ring (bicyclic) bond motifs is 1. The fourth-order valence-electron chi connectivity index (χ4n) is 3.22. The summed E-state index contributed by atoms with van der Waals surface area (Å²) in [5, 5.41) is 5.26. The lowest BCUT2D eigenvalue weighted by atomic mass is 10.1. The minimum absolute atomic E-state index is 0.0219. The van der Waals surface area contributed by atoms with E-state index >= 15 is 0 Å². The molecule has 0 saturated carbocycles. The topological polar surface area (TPSA) is 92.0 Å². The first-order chi connectivity index (χ1) is 16.3. The Kier molecular flexibility index (Phi) is 8.68. The van der Waals surface area contributed by atoms with Crippen LogP contribution in [0.3, 0.4) is 0 Å². The van der Waals surface area contributed by atoms with E-state index in [-0.39, 0.29) is 30.4 Å².